The Balaban J connectivity index is 3.28. The van der Waals surface area contributed by atoms with E-state index in [0.29, 0.717) is 0 Å². The van der Waals surface area contributed by atoms with Gasteiger partial charge in [0.15, 0.2) is 5.75 Å². The van der Waals surface area contributed by atoms with E-state index in [2.05, 4.69) is 14.5 Å². The summed E-state index contributed by atoms with van der Waals surface area (Å²) in [6.45, 7) is 0. The van der Waals surface area contributed by atoms with E-state index in [1.54, 1.807) is 0 Å². The molecule has 0 fully saturated rings. The van der Waals surface area contributed by atoms with Gasteiger partial charge in [-0.1, -0.05) is 0 Å². The molecule has 0 bridgehead atoms. The number of aromatic nitrogens is 1. The third kappa shape index (κ3) is 1.89. The average Bonchev–Trinajstić information content (AvgIpc) is 2.16. The molecule has 1 heterocycles. The lowest BCUT2D eigenvalue weighted by Gasteiger charge is -2.09. The number of hydrogen-bond acceptors (Lipinski definition) is 3. The second-order valence-corrected chi connectivity index (χ2v) is 2.38. The molecule has 0 N–H and O–H groups in total. The quantitative estimate of drug-likeness (QED) is 0.712. The van der Waals surface area contributed by atoms with Crippen LogP contribution in [0.2, 0.25) is 0 Å². The van der Waals surface area contributed by atoms with Crippen LogP contribution in [-0.2, 0) is 0 Å². The van der Waals surface area contributed by atoms with E-state index in [1.165, 1.54) is 7.11 Å². The lowest BCUT2D eigenvalue weighted by atomic mass is 10.2. The summed E-state index contributed by atoms with van der Waals surface area (Å²) >= 11 is 0. The van der Waals surface area contributed by atoms with Gasteiger partial charge < -0.3 is 9.47 Å². The van der Waals surface area contributed by atoms with Gasteiger partial charge in [-0.3, -0.25) is 0 Å². The Bertz CT molecular complexity index is 331. The monoisotopic (exact) mass is 207 g/mol. The van der Waals surface area contributed by atoms with Crippen LogP contribution in [0.1, 0.15) is 12.0 Å². The summed E-state index contributed by atoms with van der Waals surface area (Å²) in [6.07, 6.45) is -2.84. The third-order valence-corrected chi connectivity index (χ3v) is 1.59. The van der Waals surface area contributed by atoms with E-state index in [1.807, 2.05) is 0 Å². The summed E-state index contributed by atoms with van der Waals surface area (Å²) in [6, 6.07) is 0.937. The molecular formula is C8H8F3NO2. The minimum atomic E-state index is -2.84. The molecule has 0 aliphatic heterocycles. The number of halogens is 3. The average molecular weight is 207 g/mol. The second-order valence-electron chi connectivity index (χ2n) is 2.38. The van der Waals surface area contributed by atoms with Gasteiger partial charge in [0.05, 0.1) is 19.8 Å². The van der Waals surface area contributed by atoms with Gasteiger partial charge in [0, 0.05) is 6.07 Å². The van der Waals surface area contributed by atoms with Crippen LogP contribution >= 0.6 is 0 Å². The van der Waals surface area contributed by atoms with Gasteiger partial charge in [-0.25, -0.2) is 8.78 Å². The summed E-state index contributed by atoms with van der Waals surface area (Å²) in [4.78, 5) is 3.26. The maximum atomic E-state index is 13.0. The number of rotatable bonds is 3. The standard InChI is InChI=1S/C8H8F3NO2/c1-13-5-3-4(7(9)10)6(14-2)8(11)12-5/h3,7H,1-2H3. The van der Waals surface area contributed by atoms with Gasteiger partial charge >= 0.3 is 0 Å². The van der Waals surface area contributed by atoms with Gasteiger partial charge in [-0.2, -0.15) is 9.37 Å². The number of pyridine rings is 1. The molecule has 0 saturated carbocycles. The molecule has 14 heavy (non-hydrogen) atoms. The summed E-state index contributed by atoms with van der Waals surface area (Å²) in [5.74, 6) is -1.87. The van der Waals surface area contributed by atoms with Gasteiger partial charge in [-0.15, -0.1) is 0 Å². The zero-order valence-corrected chi connectivity index (χ0v) is 7.55. The smallest absolute Gasteiger partial charge is 0.267 e. The van der Waals surface area contributed by atoms with Crippen LogP contribution in [0, 0.1) is 5.95 Å². The lowest BCUT2D eigenvalue weighted by molar-refractivity contribution is 0.144. The van der Waals surface area contributed by atoms with Gasteiger partial charge in [0.25, 0.3) is 12.4 Å². The molecule has 0 aromatic carbocycles. The fourth-order valence-corrected chi connectivity index (χ4v) is 0.966. The van der Waals surface area contributed by atoms with E-state index in [9.17, 15) is 13.2 Å². The summed E-state index contributed by atoms with van der Waals surface area (Å²) in [5, 5.41) is 0. The van der Waals surface area contributed by atoms with Crippen molar-refractivity contribution in [3.8, 4) is 11.6 Å². The molecule has 0 unspecified atom stereocenters. The Kier molecular flexibility index (Phi) is 3.16. The molecule has 1 aromatic heterocycles. The van der Waals surface area contributed by atoms with Crippen LogP contribution in [-0.4, -0.2) is 19.2 Å². The molecular weight excluding hydrogens is 199 g/mol. The van der Waals surface area contributed by atoms with Crippen LogP contribution < -0.4 is 9.47 Å². The molecule has 1 rings (SSSR count). The molecule has 0 saturated heterocycles. The van der Waals surface area contributed by atoms with Crippen LogP contribution in [0.4, 0.5) is 13.2 Å². The first-order valence-corrected chi connectivity index (χ1v) is 3.66. The Morgan fingerprint density at radius 2 is 1.93 bits per heavy atom. The molecule has 6 heteroatoms. The van der Waals surface area contributed by atoms with E-state index < -0.39 is 23.7 Å². The van der Waals surface area contributed by atoms with E-state index in [-0.39, 0.29) is 5.88 Å². The maximum absolute atomic E-state index is 13.0. The van der Waals surface area contributed by atoms with Crippen molar-refractivity contribution in [2.24, 2.45) is 0 Å². The first kappa shape index (κ1) is 10.6. The highest BCUT2D eigenvalue weighted by molar-refractivity contribution is 5.36. The number of methoxy groups -OCH3 is 2. The topological polar surface area (TPSA) is 31.4 Å². The molecule has 0 aliphatic carbocycles. The number of hydrogen-bond donors (Lipinski definition) is 0. The third-order valence-electron chi connectivity index (χ3n) is 1.59. The zero-order chi connectivity index (χ0) is 10.7. The Labute approximate surface area is 78.5 Å². The van der Waals surface area contributed by atoms with Crippen LogP contribution in [0.5, 0.6) is 11.6 Å². The zero-order valence-electron chi connectivity index (χ0n) is 7.55. The lowest BCUT2D eigenvalue weighted by Crippen LogP contribution is -2.00. The minimum absolute atomic E-state index is 0.210. The van der Waals surface area contributed by atoms with Crippen LogP contribution in [0.15, 0.2) is 6.07 Å². The molecule has 0 radical (unpaired) electrons. The second kappa shape index (κ2) is 4.17. The van der Waals surface area contributed by atoms with Crippen molar-refractivity contribution in [1.82, 2.24) is 4.98 Å². The van der Waals surface area contributed by atoms with Gasteiger partial charge in [0.1, 0.15) is 0 Å². The fourth-order valence-electron chi connectivity index (χ4n) is 0.966. The number of nitrogens with zero attached hydrogens (tertiary/aromatic N) is 1. The predicted octanol–water partition coefficient (Wildman–Crippen LogP) is 2.18. The fraction of sp³-hybridized carbons (Fsp3) is 0.375. The highest BCUT2D eigenvalue weighted by atomic mass is 19.3. The number of alkyl halides is 2. The van der Waals surface area contributed by atoms with Crippen molar-refractivity contribution in [2.45, 2.75) is 6.43 Å². The molecule has 1 aromatic rings. The summed E-state index contributed by atoms with van der Waals surface area (Å²) in [5.41, 5.74) is -0.572. The van der Waals surface area contributed by atoms with Crippen LogP contribution in [0.3, 0.4) is 0 Å². The molecule has 0 spiro atoms. The summed E-state index contributed by atoms with van der Waals surface area (Å²) < 4.78 is 46.8. The minimum Gasteiger partial charge on any atom is -0.492 e. The van der Waals surface area contributed by atoms with Crippen LogP contribution in [0.25, 0.3) is 0 Å². The normalized spacial score (nSPS) is 10.4. The first-order valence-electron chi connectivity index (χ1n) is 3.66. The van der Waals surface area contributed by atoms with Crippen molar-refractivity contribution >= 4 is 0 Å². The molecule has 0 aliphatic rings. The molecule has 0 atom stereocenters. The highest BCUT2D eigenvalue weighted by Gasteiger charge is 2.20. The Hall–Kier alpha value is -1.46. The van der Waals surface area contributed by atoms with E-state index in [4.69, 9.17) is 0 Å². The first-order chi connectivity index (χ1) is 6.60. The maximum Gasteiger partial charge on any atom is 0.267 e. The Morgan fingerprint density at radius 1 is 1.29 bits per heavy atom. The largest absolute Gasteiger partial charge is 0.492 e. The van der Waals surface area contributed by atoms with Gasteiger partial charge in [0.2, 0.25) is 5.88 Å². The molecule has 0 amide bonds. The van der Waals surface area contributed by atoms with E-state index in [0.717, 1.165) is 13.2 Å². The Morgan fingerprint density at radius 3 is 2.36 bits per heavy atom. The van der Waals surface area contributed by atoms with Crippen molar-refractivity contribution in [2.75, 3.05) is 14.2 Å². The number of ether oxygens (including phenoxy) is 2. The van der Waals surface area contributed by atoms with Crippen molar-refractivity contribution in [3.63, 3.8) is 0 Å². The van der Waals surface area contributed by atoms with Crippen molar-refractivity contribution in [3.05, 3.63) is 17.6 Å². The molecule has 78 valence electrons. The molecule has 3 nitrogen and oxygen atoms in total. The summed E-state index contributed by atoms with van der Waals surface area (Å²) in [7, 11) is 2.31. The SMILES string of the molecule is COc1cc(C(F)F)c(OC)c(F)n1. The van der Waals surface area contributed by atoms with Gasteiger partial charge in [-0.05, 0) is 0 Å². The van der Waals surface area contributed by atoms with E-state index >= 15 is 0 Å². The predicted molar refractivity (Wildman–Crippen MR) is 42.3 cm³/mol. The van der Waals surface area contributed by atoms with Crippen molar-refractivity contribution < 1.29 is 22.6 Å². The van der Waals surface area contributed by atoms with Crippen molar-refractivity contribution in [1.29, 1.82) is 0 Å². The highest BCUT2D eigenvalue weighted by Crippen LogP contribution is 2.32.